The molecule has 3 heterocycles. The predicted octanol–water partition coefficient (Wildman–Crippen LogP) is 1.95. The van der Waals surface area contributed by atoms with E-state index in [1.165, 1.54) is 15.6 Å². The lowest BCUT2D eigenvalue weighted by Gasteiger charge is -2.09. The van der Waals surface area contributed by atoms with Crippen molar-refractivity contribution in [3.8, 4) is 0 Å². The number of anilines is 2. The van der Waals surface area contributed by atoms with Crippen molar-refractivity contribution < 1.29 is 9.59 Å². The maximum Gasteiger partial charge on any atom is 0.277 e. The molecule has 0 radical (unpaired) electrons. The third kappa shape index (κ3) is 3.63. The van der Waals surface area contributed by atoms with Crippen molar-refractivity contribution in [1.82, 2.24) is 29.3 Å². The summed E-state index contributed by atoms with van der Waals surface area (Å²) in [4.78, 5) is 25.4. The molecular weight excluding hydrogens is 416 g/mol. The monoisotopic (exact) mass is 434 g/mol. The maximum atomic E-state index is 12.8. The number of carbonyl (C=O) groups excluding carboxylic acids is 2. The Labute approximate surface area is 163 Å². The fourth-order valence-corrected chi connectivity index (χ4v) is 3.11. The molecule has 0 fully saturated rings. The van der Waals surface area contributed by atoms with E-state index in [4.69, 9.17) is 0 Å². The molecule has 0 saturated heterocycles. The molecule has 10 nitrogen and oxygen atoms in total. The largest absolute Gasteiger partial charge is 0.318 e. The first-order valence-corrected chi connectivity index (χ1v) is 8.97. The van der Waals surface area contributed by atoms with Crippen LogP contribution < -0.4 is 10.6 Å². The maximum absolute atomic E-state index is 12.8. The van der Waals surface area contributed by atoms with Gasteiger partial charge in [0.15, 0.2) is 5.69 Å². The van der Waals surface area contributed by atoms with Crippen LogP contribution >= 0.6 is 15.9 Å². The Kier molecular flexibility index (Phi) is 5.13. The van der Waals surface area contributed by atoms with Gasteiger partial charge in [-0.25, -0.2) is 0 Å². The first kappa shape index (κ1) is 18.8. The van der Waals surface area contributed by atoms with E-state index < -0.39 is 5.91 Å². The van der Waals surface area contributed by atoms with Crippen LogP contribution in [0.15, 0.2) is 23.1 Å². The van der Waals surface area contributed by atoms with Gasteiger partial charge >= 0.3 is 0 Å². The van der Waals surface area contributed by atoms with E-state index in [1.54, 1.807) is 31.2 Å². The molecule has 3 aromatic rings. The minimum atomic E-state index is -0.440. The minimum Gasteiger partial charge on any atom is -0.318 e. The third-order valence-electron chi connectivity index (χ3n) is 4.08. The Hall–Kier alpha value is -2.95. The average Bonchev–Trinajstić information content (AvgIpc) is 3.27. The van der Waals surface area contributed by atoms with Gasteiger partial charge in [-0.1, -0.05) is 0 Å². The number of hydrogen-bond acceptors (Lipinski definition) is 5. The molecule has 0 saturated carbocycles. The number of rotatable bonds is 5. The van der Waals surface area contributed by atoms with Crippen LogP contribution in [0.1, 0.15) is 33.6 Å². The van der Waals surface area contributed by atoms with Crippen molar-refractivity contribution in [3.05, 3.63) is 40.1 Å². The molecule has 0 bridgehead atoms. The van der Waals surface area contributed by atoms with Crippen molar-refractivity contribution in [2.24, 2.45) is 14.1 Å². The number of aryl methyl sites for hydroxylation is 3. The molecule has 3 aromatic heterocycles. The molecule has 0 atom stereocenters. The molecule has 0 aliphatic carbocycles. The fraction of sp³-hybridized carbons (Fsp3) is 0.312. The van der Waals surface area contributed by atoms with E-state index in [9.17, 15) is 9.59 Å². The lowest BCUT2D eigenvalue weighted by Crippen LogP contribution is -2.21. The number of nitrogens with one attached hydrogen (secondary N) is 2. The minimum absolute atomic E-state index is 0.219. The van der Waals surface area contributed by atoms with Crippen LogP contribution in [0.4, 0.5) is 11.4 Å². The molecule has 142 valence electrons. The second-order valence-electron chi connectivity index (χ2n) is 5.90. The summed E-state index contributed by atoms with van der Waals surface area (Å²) in [6.45, 7) is 4.18. The standard InChI is InChI=1S/C16H19BrN8O2/c1-5-25-14(16(27)20-11-6-18-24(4)9(11)2)12(7-19-25)21-15(26)13-10(17)8-23(3)22-13/h6-8H,5H2,1-4H3,(H,20,27)(H,21,26). The molecular formula is C16H19BrN8O2. The Bertz CT molecular complexity index is 1020. The molecule has 2 N–H and O–H groups in total. The second kappa shape index (κ2) is 7.35. The van der Waals surface area contributed by atoms with Crippen LogP contribution in [0.3, 0.4) is 0 Å². The Morgan fingerprint density at radius 2 is 1.78 bits per heavy atom. The van der Waals surface area contributed by atoms with Gasteiger partial charge in [0, 0.05) is 26.8 Å². The zero-order chi connectivity index (χ0) is 19.7. The fourth-order valence-electron chi connectivity index (χ4n) is 2.55. The zero-order valence-electron chi connectivity index (χ0n) is 15.3. The molecule has 11 heteroatoms. The number of amides is 2. The summed E-state index contributed by atoms with van der Waals surface area (Å²) in [5.74, 6) is -0.828. The lowest BCUT2D eigenvalue weighted by atomic mass is 10.3. The molecule has 27 heavy (non-hydrogen) atoms. The van der Waals surface area contributed by atoms with E-state index in [0.29, 0.717) is 22.4 Å². The molecule has 0 aliphatic heterocycles. The van der Waals surface area contributed by atoms with Gasteiger partial charge in [0.05, 0.1) is 33.9 Å². The molecule has 3 rings (SSSR count). The number of hydrogen-bond donors (Lipinski definition) is 2. The normalized spacial score (nSPS) is 10.9. The van der Waals surface area contributed by atoms with Crippen molar-refractivity contribution in [2.45, 2.75) is 20.4 Å². The van der Waals surface area contributed by atoms with Crippen LogP contribution in [-0.2, 0) is 20.6 Å². The highest BCUT2D eigenvalue weighted by molar-refractivity contribution is 9.10. The molecule has 0 aliphatic rings. The summed E-state index contributed by atoms with van der Waals surface area (Å²) in [6, 6.07) is 0. The average molecular weight is 435 g/mol. The number of halogens is 1. The highest BCUT2D eigenvalue weighted by Gasteiger charge is 2.23. The van der Waals surface area contributed by atoms with Gasteiger partial charge in [0.25, 0.3) is 11.8 Å². The van der Waals surface area contributed by atoms with Crippen molar-refractivity contribution in [1.29, 1.82) is 0 Å². The van der Waals surface area contributed by atoms with E-state index in [2.05, 4.69) is 41.9 Å². The summed E-state index contributed by atoms with van der Waals surface area (Å²) in [6.07, 6.45) is 4.69. The Morgan fingerprint density at radius 3 is 2.33 bits per heavy atom. The molecule has 2 amide bonds. The number of carbonyl (C=O) groups is 2. The van der Waals surface area contributed by atoms with Crippen molar-refractivity contribution in [2.75, 3.05) is 10.6 Å². The zero-order valence-corrected chi connectivity index (χ0v) is 16.9. The highest BCUT2D eigenvalue weighted by atomic mass is 79.9. The Balaban J connectivity index is 1.88. The predicted molar refractivity (Wildman–Crippen MR) is 103 cm³/mol. The van der Waals surface area contributed by atoms with Crippen LogP contribution in [0.25, 0.3) is 0 Å². The van der Waals surface area contributed by atoms with Gasteiger partial charge in [0.2, 0.25) is 0 Å². The van der Waals surface area contributed by atoms with Crippen LogP contribution in [-0.4, -0.2) is 41.2 Å². The first-order chi connectivity index (χ1) is 12.8. The number of nitrogens with zero attached hydrogens (tertiary/aromatic N) is 6. The third-order valence-corrected chi connectivity index (χ3v) is 4.67. The summed E-state index contributed by atoms with van der Waals surface area (Å²) >= 11 is 3.30. The molecule has 0 spiro atoms. The van der Waals surface area contributed by atoms with E-state index >= 15 is 0 Å². The van der Waals surface area contributed by atoms with Crippen LogP contribution in [0, 0.1) is 6.92 Å². The van der Waals surface area contributed by atoms with E-state index in [0.717, 1.165) is 5.69 Å². The van der Waals surface area contributed by atoms with Gasteiger partial charge in [-0.2, -0.15) is 15.3 Å². The SMILES string of the molecule is CCn1ncc(NC(=O)c2nn(C)cc2Br)c1C(=O)Nc1cnn(C)c1C. The van der Waals surface area contributed by atoms with Gasteiger partial charge < -0.3 is 10.6 Å². The summed E-state index contributed by atoms with van der Waals surface area (Å²) < 4.78 is 5.26. The summed E-state index contributed by atoms with van der Waals surface area (Å²) in [7, 11) is 3.50. The highest BCUT2D eigenvalue weighted by Crippen LogP contribution is 2.21. The van der Waals surface area contributed by atoms with Crippen molar-refractivity contribution in [3.63, 3.8) is 0 Å². The summed E-state index contributed by atoms with van der Waals surface area (Å²) in [5, 5.41) is 17.9. The van der Waals surface area contributed by atoms with Gasteiger partial charge in [-0.3, -0.25) is 23.6 Å². The van der Waals surface area contributed by atoms with Gasteiger partial charge in [-0.15, -0.1) is 0 Å². The van der Waals surface area contributed by atoms with E-state index in [1.807, 2.05) is 13.8 Å². The molecule has 0 aromatic carbocycles. The van der Waals surface area contributed by atoms with E-state index in [-0.39, 0.29) is 17.3 Å². The first-order valence-electron chi connectivity index (χ1n) is 8.18. The lowest BCUT2D eigenvalue weighted by molar-refractivity contribution is 0.101. The Morgan fingerprint density at radius 1 is 1.11 bits per heavy atom. The van der Waals surface area contributed by atoms with Crippen LogP contribution in [0.5, 0.6) is 0 Å². The number of aromatic nitrogens is 6. The smallest absolute Gasteiger partial charge is 0.277 e. The summed E-state index contributed by atoms with van der Waals surface area (Å²) in [5.41, 5.74) is 2.18. The van der Waals surface area contributed by atoms with Gasteiger partial charge in [-0.05, 0) is 29.8 Å². The second-order valence-corrected chi connectivity index (χ2v) is 6.75. The van der Waals surface area contributed by atoms with Crippen LogP contribution in [0.2, 0.25) is 0 Å². The molecule has 0 unspecified atom stereocenters. The van der Waals surface area contributed by atoms with Crippen molar-refractivity contribution >= 4 is 39.1 Å². The topological polar surface area (TPSA) is 112 Å². The quantitative estimate of drug-likeness (QED) is 0.637. The van der Waals surface area contributed by atoms with Gasteiger partial charge in [0.1, 0.15) is 5.69 Å².